The first kappa shape index (κ1) is 11.0. The SMILES string of the molecule is C#CC1CCC(OC2CCCCO2)CC1. The van der Waals surface area contributed by atoms with Gasteiger partial charge in [0.05, 0.1) is 6.10 Å². The molecule has 0 aromatic rings. The highest BCUT2D eigenvalue weighted by Gasteiger charge is 2.24. The van der Waals surface area contributed by atoms with Gasteiger partial charge in [0.1, 0.15) is 0 Å². The molecule has 0 aromatic carbocycles. The van der Waals surface area contributed by atoms with E-state index in [4.69, 9.17) is 15.9 Å². The van der Waals surface area contributed by atoms with Crippen LogP contribution in [0, 0.1) is 18.3 Å². The molecule has 2 heteroatoms. The maximum absolute atomic E-state index is 5.93. The normalized spacial score (nSPS) is 37.1. The van der Waals surface area contributed by atoms with Crippen molar-refractivity contribution < 1.29 is 9.47 Å². The third kappa shape index (κ3) is 3.22. The van der Waals surface area contributed by atoms with E-state index in [0.29, 0.717) is 12.0 Å². The van der Waals surface area contributed by atoms with Gasteiger partial charge in [-0.3, -0.25) is 0 Å². The van der Waals surface area contributed by atoms with Gasteiger partial charge in [-0.2, -0.15) is 0 Å². The predicted octanol–water partition coefficient (Wildman–Crippen LogP) is 2.72. The van der Waals surface area contributed by atoms with Gasteiger partial charge < -0.3 is 9.47 Å². The van der Waals surface area contributed by atoms with Crippen LogP contribution in [0.4, 0.5) is 0 Å². The lowest BCUT2D eigenvalue weighted by Crippen LogP contribution is -2.30. The molecule has 1 aliphatic heterocycles. The molecule has 0 N–H and O–H groups in total. The lowest BCUT2D eigenvalue weighted by molar-refractivity contribution is -0.193. The van der Waals surface area contributed by atoms with Crippen LogP contribution in [0.15, 0.2) is 0 Å². The summed E-state index contributed by atoms with van der Waals surface area (Å²) in [6.45, 7) is 0.865. The summed E-state index contributed by atoms with van der Waals surface area (Å²) in [5, 5.41) is 0. The minimum atomic E-state index is 0.0612. The van der Waals surface area contributed by atoms with E-state index in [2.05, 4.69) is 5.92 Å². The van der Waals surface area contributed by atoms with Gasteiger partial charge >= 0.3 is 0 Å². The molecule has 84 valence electrons. The smallest absolute Gasteiger partial charge is 0.157 e. The Morgan fingerprint density at radius 1 is 1.07 bits per heavy atom. The van der Waals surface area contributed by atoms with Crippen LogP contribution in [0.2, 0.25) is 0 Å². The van der Waals surface area contributed by atoms with E-state index in [1.165, 1.54) is 12.8 Å². The third-order valence-corrected chi connectivity index (χ3v) is 3.39. The number of hydrogen-bond acceptors (Lipinski definition) is 2. The molecule has 1 unspecified atom stereocenters. The highest BCUT2D eigenvalue weighted by molar-refractivity contribution is 4.95. The summed E-state index contributed by atoms with van der Waals surface area (Å²) in [6.07, 6.45) is 13.8. The Balaban J connectivity index is 1.69. The molecule has 15 heavy (non-hydrogen) atoms. The summed E-state index contributed by atoms with van der Waals surface area (Å²) in [6, 6.07) is 0. The zero-order valence-electron chi connectivity index (χ0n) is 9.28. The van der Waals surface area contributed by atoms with Crippen LogP contribution in [0.5, 0.6) is 0 Å². The van der Waals surface area contributed by atoms with Crippen molar-refractivity contribution in [3.63, 3.8) is 0 Å². The summed E-state index contributed by atoms with van der Waals surface area (Å²) in [4.78, 5) is 0. The number of hydrogen-bond donors (Lipinski definition) is 0. The standard InChI is InChI=1S/C13H20O2/c1-2-11-6-8-12(9-7-11)15-13-5-3-4-10-14-13/h1,11-13H,3-10H2. The molecule has 2 rings (SSSR count). The molecule has 1 heterocycles. The highest BCUT2D eigenvalue weighted by Crippen LogP contribution is 2.28. The Morgan fingerprint density at radius 3 is 2.47 bits per heavy atom. The van der Waals surface area contributed by atoms with Crippen molar-refractivity contribution in [3.8, 4) is 12.3 Å². The molecule has 2 nitrogen and oxygen atoms in total. The Morgan fingerprint density at radius 2 is 1.87 bits per heavy atom. The monoisotopic (exact) mass is 208 g/mol. The van der Waals surface area contributed by atoms with Gasteiger partial charge in [0.15, 0.2) is 6.29 Å². The zero-order chi connectivity index (χ0) is 10.5. The minimum Gasteiger partial charge on any atom is -0.353 e. The zero-order valence-corrected chi connectivity index (χ0v) is 9.28. The van der Waals surface area contributed by atoms with Crippen LogP contribution >= 0.6 is 0 Å². The van der Waals surface area contributed by atoms with Crippen LogP contribution in [-0.4, -0.2) is 19.0 Å². The molecule has 0 spiro atoms. The molecule has 0 amide bonds. The Bertz CT molecular complexity index is 217. The lowest BCUT2D eigenvalue weighted by Gasteiger charge is -2.31. The first-order valence-corrected chi connectivity index (χ1v) is 6.11. The number of ether oxygens (including phenoxy) is 2. The second-order valence-corrected chi connectivity index (χ2v) is 4.57. The van der Waals surface area contributed by atoms with Crippen molar-refractivity contribution >= 4 is 0 Å². The van der Waals surface area contributed by atoms with Gasteiger partial charge in [-0.25, -0.2) is 0 Å². The van der Waals surface area contributed by atoms with E-state index < -0.39 is 0 Å². The highest BCUT2D eigenvalue weighted by atomic mass is 16.7. The summed E-state index contributed by atoms with van der Waals surface area (Å²) in [7, 11) is 0. The first-order valence-electron chi connectivity index (χ1n) is 6.11. The van der Waals surface area contributed by atoms with Crippen LogP contribution in [0.3, 0.4) is 0 Å². The summed E-state index contributed by atoms with van der Waals surface area (Å²) in [5.41, 5.74) is 0. The molecule has 1 saturated heterocycles. The van der Waals surface area contributed by atoms with Crippen LogP contribution in [0.1, 0.15) is 44.9 Å². The van der Waals surface area contributed by atoms with E-state index in [0.717, 1.165) is 38.7 Å². The first-order chi connectivity index (χ1) is 7.38. The maximum atomic E-state index is 5.93. The summed E-state index contributed by atoms with van der Waals surface area (Å²) < 4.78 is 11.5. The molecule has 0 bridgehead atoms. The molecule has 1 saturated carbocycles. The molecule has 2 fully saturated rings. The molecule has 1 aliphatic carbocycles. The predicted molar refractivity (Wildman–Crippen MR) is 59.3 cm³/mol. The van der Waals surface area contributed by atoms with E-state index in [1.54, 1.807) is 0 Å². The van der Waals surface area contributed by atoms with E-state index >= 15 is 0 Å². The average molecular weight is 208 g/mol. The van der Waals surface area contributed by atoms with Crippen molar-refractivity contribution in [1.82, 2.24) is 0 Å². The van der Waals surface area contributed by atoms with E-state index in [9.17, 15) is 0 Å². The van der Waals surface area contributed by atoms with E-state index in [-0.39, 0.29) is 6.29 Å². The van der Waals surface area contributed by atoms with Gasteiger partial charge in [0.25, 0.3) is 0 Å². The molecular weight excluding hydrogens is 188 g/mol. The Kier molecular flexibility index (Phi) is 4.05. The van der Waals surface area contributed by atoms with Crippen LogP contribution in [0.25, 0.3) is 0 Å². The fourth-order valence-electron chi connectivity index (χ4n) is 2.40. The van der Waals surface area contributed by atoms with E-state index in [1.807, 2.05) is 0 Å². The molecule has 0 radical (unpaired) electrons. The van der Waals surface area contributed by atoms with Gasteiger partial charge in [-0.1, -0.05) is 0 Å². The number of terminal acetylenes is 1. The minimum absolute atomic E-state index is 0.0612. The van der Waals surface area contributed by atoms with Crippen molar-refractivity contribution in [3.05, 3.63) is 0 Å². The Labute approximate surface area is 92.3 Å². The van der Waals surface area contributed by atoms with Gasteiger partial charge in [0, 0.05) is 12.5 Å². The van der Waals surface area contributed by atoms with Gasteiger partial charge in [-0.15, -0.1) is 12.3 Å². The Hall–Kier alpha value is -0.520. The van der Waals surface area contributed by atoms with Gasteiger partial charge in [0.2, 0.25) is 0 Å². The van der Waals surface area contributed by atoms with Crippen molar-refractivity contribution in [1.29, 1.82) is 0 Å². The fourth-order valence-corrected chi connectivity index (χ4v) is 2.40. The lowest BCUT2D eigenvalue weighted by atomic mass is 9.88. The quantitative estimate of drug-likeness (QED) is 0.650. The molecule has 2 aliphatic rings. The molecule has 1 atom stereocenters. The van der Waals surface area contributed by atoms with Crippen LogP contribution < -0.4 is 0 Å². The third-order valence-electron chi connectivity index (χ3n) is 3.39. The second-order valence-electron chi connectivity index (χ2n) is 4.57. The maximum Gasteiger partial charge on any atom is 0.157 e. The average Bonchev–Trinajstić information content (AvgIpc) is 2.31. The molecular formula is C13H20O2. The fraction of sp³-hybridized carbons (Fsp3) is 0.846. The van der Waals surface area contributed by atoms with Gasteiger partial charge in [-0.05, 0) is 44.9 Å². The largest absolute Gasteiger partial charge is 0.353 e. The molecule has 0 aromatic heterocycles. The van der Waals surface area contributed by atoms with Crippen LogP contribution in [-0.2, 0) is 9.47 Å². The van der Waals surface area contributed by atoms with Crippen molar-refractivity contribution in [2.75, 3.05) is 6.61 Å². The topological polar surface area (TPSA) is 18.5 Å². The number of rotatable bonds is 2. The van der Waals surface area contributed by atoms with Crippen molar-refractivity contribution in [2.24, 2.45) is 5.92 Å². The summed E-state index contributed by atoms with van der Waals surface area (Å²) >= 11 is 0. The second kappa shape index (κ2) is 5.53. The van der Waals surface area contributed by atoms with Crippen molar-refractivity contribution in [2.45, 2.75) is 57.3 Å². The summed E-state index contributed by atoms with van der Waals surface area (Å²) in [5.74, 6) is 3.32.